The van der Waals surface area contributed by atoms with Gasteiger partial charge in [-0.3, -0.25) is 0 Å². The van der Waals surface area contributed by atoms with Crippen molar-refractivity contribution in [3.63, 3.8) is 0 Å². The topological polar surface area (TPSA) is 55.6 Å². The van der Waals surface area contributed by atoms with Crippen LogP contribution in [0.25, 0.3) is 0 Å². The van der Waals surface area contributed by atoms with E-state index in [0.717, 1.165) is 0 Å². The summed E-state index contributed by atoms with van der Waals surface area (Å²) in [5.41, 5.74) is 5.27. The number of hydrogen-bond donors (Lipinski definition) is 1. The molecule has 0 bridgehead atoms. The lowest BCUT2D eigenvalue weighted by atomic mass is 10.3. The number of cyclic esters (lactones) is 1. The zero-order valence-electron chi connectivity index (χ0n) is 8.09. The Bertz CT molecular complexity index is 232. The summed E-state index contributed by atoms with van der Waals surface area (Å²) in [5.74, 6) is 0. The number of nitrogens with two attached hydrogens (primary N) is 1. The number of rotatable bonds is 4. The van der Waals surface area contributed by atoms with E-state index in [4.69, 9.17) is 10.5 Å². The highest BCUT2D eigenvalue weighted by atomic mass is 19.4. The molecule has 1 amide bonds. The summed E-state index contributed by atoms with van der Waals surface area (Å²) in [6, 6.07) is 0. The number of carbonyl (C=O) groups is 1. The molecule has 15 heavy (non-hydrogen) atoms. The molecule has 0 aromatic rings. The number of halogens is 3. The van der Waals surface area contributed by atoms with Crippen LogP contribution in [0.15, 0.2) is 0 Å². The molecule has 0 radical (unpaired) electrons. The molecule has 0 aromatic heterocycles. The average Bonchev–Trinajstić information content (AvgIpc) is 2.45. The Morgan fingerprint density at radius 2 is 2.20 bits per heavy atom. The molecule has 1 aliphatic rings. The van der Waals surface area contributed by atoms with E-state index in [2.05, 4.69) is 0 Å². The van der Waals surface area contributed by atoms with Crippen LogP contribution in [-0.2, 0) is 4.74 Å². The molecule has 0 aromatic carbocycles. The lowest BCUT2D eigenvalue weighted by Gasteiger charge is -2.13. The minimum Gasteiger partial charge on any atom is -0.443 e. The van der Waals surface area contributed by atoms with E-state index in [-0.39, 0.29) is 32.2 Å². The summed E-state index contributed by atoms with van der Waals surface area (Å²) in [6.45, 7) is 0.545. The molecule has 1 fully saturated rings. The van der Waals surface area contributed by atoms with Crippen LogP contribution in [0.4, 0.5) is 18.0 Å². The summed E-state index contributed by atoms with van der Waals surface area (Å²) < 4.78 is 40.2. The van der Waals surface area contributed by atoms with Gasteiger partial charge in [0.2, 0.25) is 0 Å². The maximum Gasteiger partial charge on any atom is 0.410 e. The highest BCUT2D eigenvalue weighted by molar-refractivity contribution is 5.69. The van der Waals surface area contributed by atoms with E-state index >= 15 is 0 Å². The second-order valence-electron chi connectivity index (χ2n) is 3.41. The molecule has 1 aliphatic heterocycles. The molecule has 7 heteroatoms. The molecular weight excluding hydrogens is 213 g/mol. The van der Waals surface area contributed by atoms with Crippen LogP contribution in [-0.4, -0.2) is 42.9 Å². The fraction of sp³-hybridized carbons (Fsp3) is 0.875. The summed E-state index contributed by atoms with van der Waals surface area (Å²) in [4.78, 5) is 12.3. The normalized spacial score (nSPS) is 22.0. The number of ether oxygens (including phenoxy) is 1. The average molecular weight is 226 g/mol. The molecule has 4 nitrogen and oxygen atoms in total. The van der Waals surface area contributed by atoms with Crippen molar-refractivity contribution in [2.45, 2.75) is 25.1 Å². The van der Waals surface area contributed by atoms with Crippen LogP contribution in [0.5, 0.6) is 0 Å². The van der Waals surface area contributed by atoms with Crippen LogP contribution in [0, 0.1) is 0 Å². The predicted molar refractivity (Wildman–Crippen MR) is 46.2 cm³/mol. The van der Waals surface area contributed by atoms with Gasteiger partial charge in [0.15, 0.2) is 0 Å². The van der Waals surface area contributed by atoms with E-state index < -0.39 is 18.7 Å². The SMILES string of the molecule is NCC1CN(CCCC(F)(F)F)C(=O)O1. The minimum atomic E-state index is -4.17. The summed E-state index contributed by atoms with van der Waals surface area (Å²) in [5, 5.41) is 0. The van der Waals surface area contributed by atoms with Gasteiger partial charge in [0, 0.05) is 19.5 Å². The third-order valence-corrected chi connectivity index (χ3v) is 2.10. The van der Waals surface area contributed by atoms with Crippen LogP contribution in [0.3, 0.4) is 0 Å². The minimum absolute atomic E-state index is 0.0643. The van der Waals surface area contributed by atoms with E-state index in [1.54, 1.807) is 0 Å². The third kappa shape index (κ3) is 3.94. The molecular formula is C8H13F3N2O2. The Labute approximate surface area is 85.2 Å². The fourth-order valence-corrected chi connectivity index (χ4v) is 1.35. The summed E-state index contributed by atoms with van der Waals surface area (Å²) in [7, 11) is 0. The van der Waals surface area contributed by atoms with Crippen LogP contribution in [0.1, 0.15) is 12.8 Å². The molecule has 0 aliphatic carbocycles. The Morgan fingerprint density at radius 1 is 1.53 bits per heavy atom. The zero-order valence-corrected chi connectivity index (χ0v) is 8.09. The molecule has 1 rings (SSSR count). The van der Waals surface area contributed by atoms with Crippen LogP contribution < -0.4 is 5.73 Å². The molecule has 1 unspecified atom stereocenters. The van der Waals surface area contributed by atoms with Crippen LogP contribution >= 0.6 is 0 Å². The number of carbonyl (C=O) groups excluding carboxylic acids is 1. The highest BCUT2D eigenvalue weighted by Crippen LogP contribution is 2.22. The Hall–Kier alpha value is -0.980. The molecule has 88 valence electrons. The standard InChI is InChI=1S/C8H13F3N2O2/c9-8(10,11)2-1-3-13-5-6(4-12)15-7(13)14/h6H,1-5,12H2. The maximum atomic E-state index is 11.8. The van der Waals surface area contributed by atoms with Gasteiger partial charge in [-0.2, -0.15) is 13.2 Å². The van der Waals surface area contributed by atoms with Gasteiger partial charge in [0.25, 0.3) is 0 Å². The van der Waals surface area contributed by atoms with E-state index in [1.807, 2.05) is 0 Å². The van der Waals surface area contributed by atoms with Gasteiger partial charge < -0.3 is 15.4 Å². The lowest BCUT2D eigenvalue weighted by molar-refractivity contribution is -0.135. The smallest absolute Gasteiger partial charge is 0.410 e. The van der Waals surface area contributed by atoms with Crippen molar-refractivity contribution in [2.24, 2.45) is 5.73 Å². The first-order valence-electron chi connectivity index (χ1n) is 4.65. The molecule has 1 atom stereocenters. The van der Waals surface area contributed by atoms with Crippen molar-refractivity contribution in [1.82, 2.24) is 4.90 Å². The van der Waals surface area contributed by atoms with E-state index in [9.17, 15) is 18.0 Å². The van der Waals surface area contributed by atoms with Gasteiger partial charge in [0.05, 0.1) is 6.54 Å². The number of nitrogens with zero attached hydrogens (tertiary/aromatic N) is 1. The van der Waals surface area contributed by atoms with Crippen molar-refractivity contribution in [3.05, 3.63) is 0 Å². The van der Waals surface area contributed by atoms with Crippen molar-refractivity contribution in [1.29, 1.82) is 0 Å². The van der Waals surface area contributed by atoms with Gasteiger partial charge in [-0.25, -0.2) is 4.79 Å². The van der Waals surface area contributed by atoms with Gasteiger partial charge >= 0.3 is 12.3 Å². The molecule has 2 N–H and O–H groups in total. The monoisotopic (exact) mass is 226 g/mol. The highest BCUT2D eigenvalue weighted by Gasteiger charge is 2.31. The van der Waals surface area contributed by atoms with Gasteiger partial charge in [0.1, 0.15) is 6.10 Å². The lowest BCUT2D eigenvalue weighted by Crippen LogP contribution is -2.29. The van der Waals surface area contributed by atoms with E-state index in [0.29, 0.717) is 0 Å². The first kappa shape index (κ1) is 12.1. The van der Waals surface area contributed by atoms with Gasteiger partial charge in [-0.15, -0.1) is 0 Å². The first-order chi connectivity index (χ1) is 6.92. The van der Waals surface area contributed by atoms with Crippen molar-refractivity contribution >= 4 is 6.09 Å². The maximum absolute atomic E-state index is 11.8. The second-order valence-corrected chi connectivity index (χ2v) is 3.41. The molecule has 1 heterocycles. The first-order valence-corrected chi connectivity index (χ1v) is 4.65. The quantitative estimate of drug-likeness (QED) is 0.781. The summed E-state index contributed by atoms with van der Waals surface area (Å²) in [6.07, 6.45) is -6.12. The molecule has 0 spiro atoms. The largest absolute Gasteiger partial charge is 0.443 e. The molecule has 1 saturated heterocycles. The number of amides is 1. The van der Waals surface area contributed by atoms with Crippen molar-refractivity contribution in [2.75, 3.05) is 19.6 Å². The second kappa shape index (κ2) is 4.69. The van der Waals surface area contributed by atoms with Crippen LogP contribution in [0.2, 0.25) is 0 Å². The van der Waals surface area contributed by atoms with Gasteiger partial charge in [-0.1, -0.05) is 0 Å². The van der Waals surface area contributed by atoms with E-state index in [1.165, 1.54) is 4.90 Å². The Morgan fingerprint density at radius 3 is 2.67 bits per heavy atom. The predicted octanol–water partition coefficient (Wildman–Crippen LogP) is 1.11. The number of alkyl halides is 3. The van der Waals surface area contributed by atoms with Crippen molar-refractivity contribution < 1.29 is 22.7 Å². The number of hydrogen-bond acceptors (Lipinski definition) is 3. The fourth-order valence-electron chi connectivity index (χ4n) is 1.35. The molecule has 0 saturated carbocycles. The Balaban J connectivity index is 2.25. The zero-order chi connectivity index (χ0) is 11.5. The van der Waals surface area contributed by atoms with Crippen molar-refractivity contribution in [3.8, 4) is 0 Å². The Kier molecular flexibility index (Phi) is 3.78. The summed E-state index contributed by atoms with van der Waals surface area (Å²) >= 11 is 0. The third-order valence-electron chi connectivity index (χ3n) is 2.10. The van der Waals surface area contributed by atoms with Gasteiger partial charge in [-0.05, 0) is 6.42 Å².